The van der Waals surface area contributed by atoms with Crippen LogP contribution in [0.2, 0.25) is 0 Å². The molecule has 26 heavy (non-hydrogen) atoms. The van der Waals surface area contributed by atoms with Crippen LogP contribution in [0.5, 0.6) is 5.75 Å². The van der Waals surface area contributed by atoms with Gasteiger partial charge in [-0.15, -0.1) is 0 Å². The molecule has 0 saturated carbocycles. The fourth-order valence-electron chi connectivity index (χ4n) is 2.95. The van der Waals surface area contributed by atoms with Crippen LogP contribution >= 0.6 is 0 Å². The lowest BCUT2D eigenvalue weighted by Crippen LogP contribution is -2.58. The van der Waals surface area contributed by atoms with Crippen LogP contribution in [0, 0.1) is 5.41 Å². The van der Waals surface area contributed by atoms with Gasteiger partial charge in [0.15, 0.2) is 0 Å². The molecule has 1 fully saturated rings. The lowest BCUT2D eigenvalue weighted by atomic mass is 9.94. The molecule has 0 aliphatic carbocycles. The van der Waals surface area contributed by atoms with E-state index in [1.54, 1.807) is 12.4 Å². The molecule has 2 rings (SSSR count). The topological polar surface area (TPSA) is 83.6 Å². The molecule has 2 amide bonds. The van der Waals surface area contributed by atoms with Gasteiger partial charge in [-0.1, -0.05) is 20.8 Å². The number of amides is 2. The third-order valence-electron chi connectivity index (χ3n) is 4.04. The van der Waals surface area contributed by atoms with E-state index in [9.17, 15) is 9.59 Å². The molecule has 1 aromatic heterocycles. The minimum absolute atomic E-state index is 0.0597. The van der Waals surface area contributed by atoms with Gasteiger partial charge in [-0.05, 0) is 24.0 Å². The monoisotopic (exact) mass is 362 g/mol. The van der Waals surface area contributed by atoms with Gasteiger partial charge in [0.05, 0.1) is 25.3 Å². The Hall–Kier alpha value is -2.15. The van der Waals surface area contributed by atoms with E-state index in [2.05, 4.69) is 41.3 Å². The first-order valence-corrected chi connectivity index (χ1v) is 9.16. The average molecular weight is 362 g/mol. The summed E-state index contributed by atoms with van der Waals surface area (Å²) in [6.45, 7) is 9.64. The maximum absolute atomic E-state index is 12.2. The third kappa shape index (κ3) is 7.00. The van der Waals surface area contributed by atoms with E-state index in [-0.39, 0.29) is 23.7 Å². The highest BCUT2D eigenvalue weighted by Gasteiger charge is 2.33. The van der Waals surface area contributed by atoms with Gasteiger partial charge < -0.3 is 15.4 Å². The van der Waals surface area contributed by atoms with Crippen LogP contribution < -0.4 is 15.4 Å². The Morgan fingerprint density at radius 2 is 2.27 bits per heavy atom. The standard InChI is InChI=1S/C19H30N4O3/c1-19(2,3)14-23-10-9-22-18(25)16(23)12-17(24)21-8-5-11-26-15-6-4-7-20-13-15/h4,6-7,13,16H,5,8-12,14H2,1-3H3,(H,21,24)(H,22,25)/t16-/m0/s1. The van der Waals surface area contributed by atoms with Crippen molar-refractivity contribution in [2.45, 2.75) is 39.7 Å². The lowest BCUT2D eigenvalue weighted by molar-refractivity contribution is -0.134. The fraction of sp³-hybridized carbons (Fsp3) is 0.632. The number of nitrogens with one attached hydrogen (secondary N) is 2. The molecule has 2 heterocycles. The molecular weight excluding hydrogens is 332 g/mol. The van der Waals surface area contributed by atoms with Crippen LogP contribution in [0.3, 0.4) is 0 Å². The van der Waals surface area contributed by atoms with E-state index < -0.39 is 6.04 Å². The Bertz CT molecular complexity index is 586. The molecular formula is C19H30N4O3. The van der Waals surface area contributed by atoms with Gasteiger partial charge in [0.1, 0.15) is 5.75 Å². The second-order valence-corrected chi connectivity index (χ2v) is 7.78. The number of carbonyl (C=O) groups excluding carboxylic acids is 2. The molecule has 0 unspecified atom stereocenters. The lowest BCUT2D eigenvalue weighted by Gasteiger charge is -2.38. The Morgan fingerprint density at radius 1 is 1.46 bits per heavy atom. The molecule has 144 valence electrons. The van der Waals surface area contributed by atoms with Gasteiger partial charge in [-0.3, -0.25) is 19.5 Å². The van der Waals surface area contributed by atoms with Crippen molar-refractivity contribution in [2.75, 3.05) is 32.8 Å². The second kappa shape index (κ2) is 9.52. The average Bonchev–Trinajstić information content (AvgIpc) is 2.57. The number of rotatable bonds is 8. The molecule has 7 nitrogen and oxygen atoms in total. The molecule has 0 bridgehead atoms. The molecule has 0 aromatic carbocycles. The van der Waals surface area contributed by atoms with Gasteiger partial charge in [0.2, 0.25) is 11.8 Å². The first-order chi connectivity index (χ1) is 12.3. The number of ether oxygens (including phenoxy) is 1. The quantitative estimate of drug-likeness (QED) is 0.679. The third-order valence-corrected chi connectivity index (χ3v) is 4.04. The molecule has 0 spiro atoms. The van der Waals surface area contributed by atoms with Crippen molar-refractivity contribution in [3.63, 3.8) is 0 Å². The maximum Gasteiger partial charge on any atom is 0.237 e. The van der Waals surface area contributed by atoms with Crippen LogP contribution in [0.1, 0.15) is 33.6 Å². The van der Waals surface area contributed by atoms with Gasteiger partial charge in [0, 0.05) is 32.4 Å². The first kappa shape index (κ1) is 20.2. The van der Waals surface area contributed by atoms with Crippen molar-refractivity contribution in [2.24, 2.45) is 5.41 Å². The highest BCUT2D eigenvalue weighted by atomic mass is 16.5. The van der Waals surface area contributed by atoms with Crippen molar-refractivity contribution in [1.82, 2.24) is 20.5 Å². The van der Waals surface area contributed by atoms with Gasteiger partial charge in [-0.25, -0.2) is 0 Å². The van der Waals surface area contributed by atoms with Crippen LogP contribution in [-0.4, -0.2) is 60.5 Å². The van der Waals surface area contributed by atoms with Gasteiger partial charge in [-0.2, -0.15) is 0 Å². The Balaban J connectivity index is 1.71. The fourth-order valence-corrected chi connectivity index (χ4v) is 2.95. The van der Waals surface area contributed by atoms with Crippen molar-refractivity contribution in [3.8, 4) is 5.75 Å². The minimum atomic E-state index is -0.394. The minimum Gasteiger partial charge on any atom is -0.492 e. The van der Waals surface area contributed by atoms with E-state index in [0.29, 0.717) is 26.1 Å². The van der Waals surface area contributed by atoms with E-state index >= 15 is 0 Å². The van der Waals surface area contributed by atoms with E-state index in [0.717, 1.165) is 18.8 Å². The predicted molar refractivity (Wildman–Crippen MR) is 99.8 cm³/mol. The number of piperazine rings is 1. The summed E-state index contributed by atoms with van der Waals surface area (Å²) in [5, 5.41) is 5.74. The van der Waals surface area contributed by atoms with Gasteiger partial charge >= 0.3 is 0 Å². The molecule has 7 heteroatoms. The SMILES string of the molecule is CC(C)(C)CN1CCNC(=O)[C@@H]1CC(=O)NCCCOc1cccnc1. The largest absolute Gasteiger partial charge is 0.492 e. The zero-order valence-electron chi connectivity index (χ0n) is 16.0. The Labute approximate surface area is 155 Å². The van der Waals surface area contributed by atoms with E-state index in [1.807, 2.05) is 12.1 Å². The summed E-state index contributed by atoms with van der Waals surface area (Å²) >= 11 is 0. The maximum atomic E-state index is 12.2. The number of hydrogen-bond acceptors (Lipinski definition) is 5. The van der Waals surface area contributed by atoms with Gasteiger partial charge in [0.25, 0.3) is 0 Å². The molecule has 1 aromatic rings. The Kier molecular flexibility index (Phi) is 7.38. The number of pyridine rings is 1. The first-order valence-electron chi connectivity index (χ1n) is 9.16. The molecule has 1 aliphatic heterocycles. The number of aromatic nitrogens is 1. The summed E-state index contributed by atoms with van der Waals surface area (Å²) < 4.78 is 5.54. The summed E-state index contributed by atoms with van der Waals surface area (Å²) in [5.74, 6) is 0.554. The summed E-state index contributed by atoms with van der Waals surface area (Å²) in [5.41, 5.74) is 0.0793. The van der Waals surface area contributed by atoms with Crippen LogP contribution in [0.25, 0.3) is 0 Å². The highest BCUT2D eigenvalue weighted by Crippen LogP contribution is 2.19. The Morgan fingerprint density at radius 3 is 2.96 bits per heavy atom. The van der Waals surface area contributed by atoms with Crippen molar-refractivity contribution < 1.29 is 14.3 Å². The highest BCUT2D eigenvalue weighted by molar-refractivity contribution is 5.88. The zero-order valence-corrected chi connectivity index (χ0v) is 16.0. The van der Waals surface area contributed by atoms with E-state index in [4.69, 9.17) is 4.74 Å². The number of nitrogens with zero attached hydrogens (tertiary/aromatic N) is 2. The van der Waals surface area contributed by atoms with Crippen molar-refractivity contribution in [1.29, 1.82) is 0 Å². The van der Waals surface area contributed by atoms with Crippen LogP contribution in [0.15, 0.2) is 24.5 Å². The summed E-state index contributed by atoms with van der Waals surface area (Å²) in [6.07, 6.45) is 4.23. The van der Waals surface area contributed by atoms with Crippen molar-refractivity contribution in [3.05, 3.63) is 24.5 Å². The normalized spacial score (nSPS) is 18.3. The molecule has 0 radical (unpaired) electrons. The number of carbonyl (C=O) groups is 2. The molecule has 1 aliphatic rings. The smallest absolute Gasteiger partial charge is 0.237 e. The van der Waals surface area contributed by atoms with E-state index in [1.165, 1.54) is 0 Å². The molecule has 1 atom stereocenters. The summed E-state index contributed by atoms with van der Waals surface area (Å²) in [4.78, 5) is 30.5. The molecule has 1 saturated heterocycles. The molecule has 2 N–H and O–H groups in total. The van der Waals surface area contributed by atoms with Crippen LogP contribution in [-0.2, 0) is 9.59 Å². The predicted octanol–water partition coefficient (Wildman–Crippen LogP) is 1.20. The van der Waals surface area contributed by atoms with Crippen molar-refractivity contribution >= 4 is 11.8 Å². The second-order valence-electron chi connectivity index (χ2n) is 7.78. The summed E-state index contributed by atoms with van der Waals surface area (Å²) in [7, 11) is 0. The zero-order chi connectivity index (χ0) is 19.0. The van der Waals surface area contributed by atoms with Crippen LogP contribution in [0.4, 0.5) is 0 Å². The number of hydrogen-bond donors (Lipinski definition) is 2. The summed E-state index contributed by atoms with van der Waals surface area (Å²) in [6, 6.07) is 3.27.